The van der Waals surface area contributed by atoms with Crippen molar-refractivity contribution in [1.82, 2.24) is 5.01 Å². The Hall–Kier alpha value is -2.91. The van der Waals surface area contributed by atoms with Crippen LogP contribution in [0.25, 0.3) is 0 Å². The van der Waals surface area contributed by atoms with Gasteiger partial charge in [0.1, 0.15) is 6.54 Å². The van der Waals surface area contributed by atoms with Crippen molar-refractivity contribution in [3.63, 3.8) is 0 Å². The van der Waals surface area contributed by atoms with Crippen LogP contribution in [0.1, 0.15) is 21.5 Å². The highest BCUT2D eigenvalue weighted by Crippen LogP contribution is 2.20. The second-order valence-electron chi connectivity index (χ2n) is 6.98. The lowest BCUT2D eigenvalue weighted by Crippen LogP contribution is -2.56. The minimum atomic E-state index is 0.0374. The fraction of sp³-hybridized carbons (Fsp3) is 0.174. The summed E-state index contributed by atoms with van der Waals surface area (Å²) in [5.41, 5.74) is 3.04. The molecule has 26 heavy (non-hydrogen) atoms. The quantitative estimate of drug-likeness (QED) is 0.475. The zero-order valence-electron chi connectivity index (χ0n) is 15.4. The first kappa shape index (κ1) is 17.9. The van der Waals surface area contributed by atoms with Gasteiger partial charge in [0.15, 0.2) is 0 Å². The number of hydrogen-bond acceptors (Lipinski definition) is 1. The number of benzene rings is 3. The lowest BCUT2D eigenvalue weighted by atomic mass is 10.1. The van der Waals surface area contributed by atoms with Crippen molar-refractivity contribution in [2.45, 2.75) is 13.1 Å². The Balaban J connectivity index is 1.92. The van der Waals surface area contributed by atoms with Crippen molar-refractivity contribution < 1.29 is 9.39 Å². The third-order valence-electron chi connectivity index (χ3n) is 4.50. The van der Waals surface area contributed by atoms with Crippen molar-refractivity contribution in [1.29, 1.82) is 0 Å². The molecule has 132 valence electrons. The van der Waals surface area contributed by atoms with E-state index in [1.165, 1.54) is 5.56 Å². The van der Waals surface area contributed by atoms with Crippen LogP contribution in [0, 0.1) is 0 Å². The van der Waals surface area contributed by atoms with E-state index < -0.39 is 0 Å². The largest absolute Gasteiger partial charge is 0.299 e. The van der Waals surface area contributed by atoms with Crippen molar-refractivity contribution in [3.8, 4) is 0 Å². The lowest BCUT2D eigenvalue weighted by Gasteiger charge is -2.40. The van der Waals surface area contributed by atoms with Crippen LogP contribution in [-0.4, -0.2) is 29.6 Å². The van der Waals surface area contributed by atoms with Crippen LogP contribution in [0.15, 0.2) is 91.0 Å². The molecule has 1 amide bonds. The minimum Gasteiger partial charge on any atom is -0.264 e. The van der Waals surface area contributed by atoms with Crippen molar-refractivity contribution in [3.05, 3.63) is 108 Å². The standard InChI is InChI=1S/C23H25N2O/c1-25(2,19-21-14-8-4-9-15-21)24(18-20-12-6-3-7-13-20)23(26)22-16-10-5-11-17-22/h3-17H,18-19H2,1-2H3/q+1. The van der Waals surface area contributed by atoms with E-state index in [1.54, 1.807) is 0 Å². The molecule has 3 aromatic rings. The van der Waals surface area contributed by atoms with Gasteiger partial charge in [0.2, 0.25) is 0 Å². The lowest BCUT2D eigenvalue weighted by molar-refractivity contribution is -1.00. The molecule has 0 aliphatic carbocycles. The summed E-state index contributed by atoms with van der Waals surface area (Å²) in [5, 5.41) is 1.93. The van der Waals surface area contributed by atoms with Crippen LogP contribution in [-0.2, 0) is 13.1 Å². The molecule has 3 nitrogen and oxygen atoms in total. The molecule has 0 spiro atoms. The van der Waals surface area contributed by atoms with Gasteiger partial charge in [0.25, 0.3) is 5.91 Å². The van der Waals surface area contributed by atoms with E-state index in [0.29, 0.717) is 16.7 Å². The predicted octanol–water partition coefficient (Wildman–Crippen LogP) is 4.52. The van der Waals surface area contributed by atoms with Crippen LogP contribution in [0.2, 0.25) is 0 Å². The van der Waals surface area contributed by atoms with Gasteiger partial charge in [-0.05, 0) is 17.7 Å². The third kappa shape index (κ3) is 4.38. The molecule has 0 fully saturated rings. The maximum atomic E-state index is 13.3. The molecule has 3 heteroatoms. The van der Waals surface area contributed by atoms with E-state index in [9.17, 15) is 4.79 Å². The molecule has 0 radical (unpaired) electrons. The molecule has 0 aliphatic rings. The smallest absolute Gasteiger partial charge is 0.264 e. The fourth-order valence-corrected chi connectivity index (χ4v) is 3.11. The van der Waals surface area contributed by atoms with E-state index in [2.05, 4.69) is 38.4 Å². The first-order chi connectivity index (χ1) is 12.6. The molecule has 0 N–H and O–H groups in total. The summed E-state index contributed by atoms with van der Waals surface area (Å²) in [5.74, 6) is 0.0374. The molecule has 3 aromatic carbocycles. The van der Waals surface area contributed by atoms with Crippen molar-refractivity contribution in [2.75, 3.05) is 14.1 Å². The molecule has 0 aliphatic heterocycles. The van der Waals surface area contributed by atoms with Crippen LogP contribution < -0.4 is 0 Å². The molecule has 0 unspecified atom stereocenters. The Morgan fingerprint density at radius 1 is 0.731 bits per heavy atom. The molecule has 0 saturated heterocycles. The SMILES string of the molecule is C[N+](C)(Cc1ccccc1)N(Cc1ccccc1)C(=O)c1ccccc1. The monoisotopic (exact) mass is 345 g/mol. The van der Waals surface area contributed by atoms with Crippen LogP contribution in [0.4, 0.5) is 0 Å². The van der Waals surface area contributed by atoms with Crippen LogP contribution in [0.3, 0.4) is 0 Å². The number of quaternary nitrogens is 1. The average Bonchev–Trinajstić information content (AvgIpc) is 2.67. The summed E-state index contributed by atoms with van der Waals surface area (Å²) in [6.07, 6.45) is 0. The predicted molar refractivity (Wildman–Crippen MR) is 105 cm³/mol. The highest BCUT2D eigenvalue weighted by Gasteiger charge is 2.32. The maximum Gasteiger partial charge on any atom is 0.299 e. The second-order valence-corrected chi connectivity index (χ2v) is 6.98. The Bertz CT molecular complexity index is 830. The topological polar surface area (TPSA) is 20.3 Å². The van der Waals surface area contributed by atoms with Gasteiger partial charge >= 0.3 is 0 Å². The summed E-state index contributed by atoms with van der Waals surface area (Å²) in [6, 6.07) is 29.9. The Kier molecular flexibility index (Phi) is 5.49. The van der Waals surface area contributed by atoms with E-state index in [0.717, 1.165) is 12.1 Å². The van der Waals surface area contributed by atoms with Gasteiger partial charge in [0, 0.05) is 11.1 Å². The molecule has 0 bridgehead atoms. The summed E-state index contributed by atoms with van der Waals surface area (Å²) < 4.78 is 0.451. The summed E-state index contributed by atoms with van der Waals surface area (Å²) in [6.45, 7) is 1.31. The van der Waals surface area contributed by atoms with Gasteiger partial charge in [-0.15, -0.1) is 0 Å². The van der Waals surface area contributed by atoms with Gasteiger partial charge < -0.3 is 0 Å². The number of carbonyl (C=O) groups is 1. The van der Waals surface area contributed by atoms with Gasteiger partial charge in [-0.25, -0.2) is 4.59 Å². The number of rotatable bonds is 6. The summed E-state index contributed by atoms with van der Waals surface area (Å²) in [7, 11) is 4.16. The normalized spacial score (nSPS) is 11.2. The molecule has 0 aromatic heterocycles. The van der Waals surface area contributed by atoms with Crippen molar-refractivity contribution in [2.24, 2.45) is 0 Å². The van der Waals surface area contributed by atoms with E-state index in [1.807, 2.05) is 71.7 Å². The highest BCUT2D eigenvalue weighted by molar-refractivity contribution is 5.93. The fourth-order valence-electron chi connectivity index (χ4n) is 3.11. The number of nitrogens with zero attached hydrogens (tertiary/aromatic N) is 2. The molecule has 0 heterocycles. The number of carbonyl (C=O) groups excluding carboxylic acids is 1. The molecular formula is C23H25N2O+. The van der Waals surface area contributed by atoms with E-state index >= 15 is 0 Å². The number of amides is 1. The first-order valence-electron chi connectivity index (χ1n) is 8.84. The average molecular weight is 345 g/mol. The summed E-state index contributed by atoms with van der Waals surface area (Å²) >= 11 is 0. The maximum absolute atomic E-state index is 13.3. The third-order valence-corrected chi connectivity index (χ3v) is 4.50. The zero-order chi connectivity index (χ0) is 18.4. The second kappa shape index (κ2) is 7.98. The van der Waals surface area contributed by atoms with Crippen molar-refractivity contribution >= 4 is 5.91 Å². The molecular weight excluding hydrogens is 320 g/mol. The zero-order valence-corrected chi connectivity index (χ0v) is 15.4. The van der Waals surface area contributed by atoms with Gasteiger partial charge in [-0.3, -0.25) is 4.79 Å². The minimum absolute atomic E-state index is 0.0374. The van der Waals surface area contributed by atoms with Crippen LogP contribution >= 0.6 is 0 Å². The summed E-state index contributed by atoms with van der Waals surface area (Å²) in [4.78, 5) is 13.3. The van der Waals surface area contributed by atoms with Crippen LogP contribution in [0.5, 0.6) is 0 Å². The highest BCUT2D eigenvalue weighted by atomic mass is 16.2. The van der Waals surface area contributed by atoms with Gasteiger partial charge in [-0.2, -0.15) is 5.01 Å². The number of hydrogen-bond donors (Lipinski definition) is 0. The Labute approximate surface area is 155 Å². The van der Waals surface area contributed by atoms with Gasteiger partial charge in [0.05, 0.1) is 20.6 Å². The molecule has 3 rings (SSSR count). The molecule has 0 saturated carbocycles. The van der Waals surface area contributed by atoms with Gasteiger partial charge in [-0.1, -0.05) is 78.9 Å². The van der Waals surface area contributed by atoms with E-state index in [4.69, 9.17) is 0 Å². The Morgan fingerprint density at radius 2 is 1.19 bits per heavy atom. The molecule has 0 atom stereocenters. The first-order valence-corrected chi connectivity index (χ1v) is 8.84. The van der Waals surface area contributed by atoms with E-state index in [-0.39, 0.29) is 5.91 Å². The Morgan fingerprint density at radius 3 is 1.73 bits per heavy atom.